The van der Waals surface area contributed by atoms with Gasteiger partial charge in [-0.05, 0) is 73.0 Å². The Morgan fingerprint density at radius 2 is 1.92 bits per heavy atom. The molecule has 3 fully saturated rings. The van der Waals surface area contributed by atoms with Gasteiger partial charge in [0, 0.05) is 25.7 Å². The van der Waals surface area contributed by atoms with Gasteiger partial charge in [-0.3, -0.25) is 4.79 Å². The number of rotatable bonds is 2. The Morgan fingerprint density at radius 3 is 2.69 bits per heavy atom. The average Bonchev–Trinajstić information content (AvgIpc) is 2.94. The van der Waals surface area contributed by atoms with Crippen LogP contribution < -0.4 is 4.90 Å². The van der Waals surface area contributed by atoms with Crippen LogP contribution in [0, 0.1) is 11.2 Å². The van der Waals surface area contributed by atoms with Crippen molar-refractivity contribution in [1.29, 1.82) is 0 Å². The molecule has 1 atom stereocenters. The second kappa shape index (κ2) is 7.12. The van der Waals surface area contributed by atoms with Gasteiger partial charge >= 0.3 is 0 Å². The van der Waals surface area contributed by atoms with E-state index in [2.05, 4.69) is 25.7 Å². The Bertz CT molecular complexity index is 692. The van der Waals surface area contributed by atoms with Gasteiger partial charge in [-0.1, -0.05) is 6.07 Å². The molecule has 0 unspecified atom stereocenters. The van der Waals surface area contributed by atoms with Crippen LogP contribution in [0.15, 0.2) is 22.7 Å². The van der Waals surface area contributed by atoms with Crippen LogP contribution in [-0.4, -0.2) is 47.7 Å². The molecule has 1 saturated carbocycles. The van der Waals surface area contributed by atoms with Crippen molar-refractivity contribution in [3.05, 3.63) is 28.5 Å². The fourth-order valence-corrected chi connectivity index (χ4v) is 5.53. The van der Waals surface area contributed by atoms with E-state index in [1.54, 1.807) is 6.07 Å². The smallest absolute Gasteiger partial charge is 0.230 e. The zero-order chi connectivity index (χ0) is 18.3. The highest BCUT2D eigenvalue weighted by Gasteiger charge is 2.50. The first kappa shape index (κ1) is 18.2. The van der Waals surface area contributed by atoms with Crippen LogP contribution >= 0.6 is 15.9 Å². The van der Waals surface area contributed by atoms with Crippen LogP contribution in [0.2, 0.25) is 0 Å². The quantitative estimate of drug-likeness (QED) is 0.786. The van der Waals surface area contributed by atoms with E-state index in [4.69, 9.17) is 0 Å². The number of carbonyl (C=O) groups is 1. The highest BCUT2D eigenvalue weighted by Crippen LogP contribution is 2.44. The summed E-state index contributed by atoms with van der Waals surface area (Å²) in [6.07, 6.45) is 5.95. The lowest BCUT2D eigenvalue weighted by molar-refractivity contribution is -0.139. The van der Waals surface area contributed by atoms with Gasteiger partial charge < -0.3 is 14.9 Å². The minimum absolute atomic E-state index is 0.201. The van der Waals surface area contributed by atoms with Crippen LogP contribution in [0.3, 0.4) is 0 Å². The second-order valence-corrected chi connectivity index (χ2v) is 8.88. The average molecular weight is 425 g/mol. The van der Waals surface area contributed by atoms with Gasteiger partial charge in [0.2, 0.25) is 5.91 Å². The number of hydrogen-bond acceptors (Lipinski definition) is 3. The van der Waals surface area contributed by atoms with Crippen LogP contribution in [0.25, 0.3) is 0 Å². The summed E-state index contributed by atoms with van der Waals surface area (Å²) in [7, 11) is 0. The number of benzene rings is 1. The summed E-state index contributed by atoms with van der Waals surface area (Å²) in [6.45, 7) is 2.34. The minimum atomic E-state index is -0.333. The van der Waals surface area contributed by atoms with E-state index in [0.29, 0.717) is 11.0 Å². The van der Waals surface area contributed by atoms with E-state index < -0.39 is 0 Å². The second-order valence-electron chi connectivity index (χ2n) is 8.09. The first-order valence-corrected chi connectivity index (χ1v) is 10.5. The number of likely N-dealkylation sites (tertiary alicyclic amines) is 1. The molecule has 1 amide bonds. The first-order valence-electron chi connectivity index (χ1n) is 9.68. The lowest BCUT2D eigenvalue weighted by Crippen LogP contribution is -2.50. The molecule has 1 spiro atoms. The molecule has 2 aliphatic heterocycles. The molecule has 1 N–H and O–H groups in total. The number of piperidine rings is 1. The van der Waals surface area contributed by atoms with Gasteiger partial charge in [0.05, 0.1) is 21.7 Å². The Morgan fingerprint density at radius 1 is 1.15 bits per heavy atom. The number of amides is 1. The topological polar surface area (TPSA) is 43.8 Å². The number of aliphatic hydroxyl groups excluding tert-OH is 1. The molecule has 2 heterocycles. The highest BCUT2D eigenvalue weighted by atomic mass is 79.9. The molecule has 26 heavy (non-hydrogen) atoms. The van der Waals surface area contributed by atoms with E-state index in [1.807, 2.05) is 6.07 Å². The molecule has 0 aromatic heterocycles. The van der Waals surface area contributed by atoms with E-state index in [9.17, 15) is 14.3 Å². The predicted molar refractivity (Wildman–Crippen MR) is 103 cm³/mol. The number of halogens is 2. The third-order valence-electron chi connectivity index (χ3n) is 6.50. The third-order valence-corrected chi connectivity index (χ3v) is 7.29. The fraction of sp³-hybridized carbons (Fsp3) is 0.650. The van der Waals surface area contributed by atoms with Gasteiger partial charge in [0.25, 0.3) is 0 Å². The molecule has 1 aromatic rings. The van der Waals surface area contributed by atoms with E-state index >= 15 is 0 Å². The molecular formula is C20H26BrFN2O2. The number of hydrogen-bond donors (Lipinski definition) is 1. The van der Waals surface area contributed by atoms with Crippen molar-refractivity contribution in [2.75, 3.05) is 24.5 Å². The number of carbonyl (C=O) groups excluding carboxylic acids is 1. The molecule has 3 aliphatic rings. The summed E-state index contributed by atoms with van der Waals surface area (Å²) in [6, 6.07) is 5.38. The Labute approximate surface area is 162 Å². The third kappa shape index (κ3) is 3.15. The van der Waals surface area contributed by atoms with Crippen molar-refractivity contribution in [2.24, 2.45) is 5.41 Å². The van der Waals surface area contributed by atoms with Crippen molar-refractivity contribution in [3.8, 4) is 0 Å². The van der Waals surface area contributed by atoms with Crippen molar-refractivity contribution in [3.63, 3.8) is 0 Å². The summed E-state index contributed by atoms with van der Waals surface area (Å²) in [5, 5.41) is 9.74. The zero-order valence-corrected chi connectivity index (χ0v) is 16.5. The first-order chi connectivity index (χ1) is 12.5. The van der Waals surface area contributed by atoms with E-state index in [1.165, 1.54) is 6.07 Å². The summed E-state index contributed by atoms with van der Waals surface area (Å²) in [5.74, 6) is 0.0124. The molecule has 1 aromatic carbocycles. The van der Waals surface area contributed by atoms with Crippen molar-refractivity contribution >= 4 is 27.5 Å². The highest BCUT2D eigenvalue weighted by molar-refractivity contribution is 9.10. The van der Waals surface area contributed by atoms with Gasteiger partial charge in [-0.25, -0.2) is 4.39 Å². The molecule has 6 heteroatoms. The van der Waals surface area contributed by atoms with Gasteiger partial charge in [0.1, 0.15) is 5.82 Å². The van der Waals surface area contributed by atoms with Gasteiger partial charge in [-0.15, -0.1) is 0 Å². The standard InChI is InChI=1S/C20H26BrFN2O2/c21-18-16(22)3-1-4-17(18)23-11-2-9-20(13-23)10-12-24(19(20)26)14-5-7-15(25)8-6-14/h1,3-4,14-15,25H,2,5-13H2/t14?,15?,20-/m0/s1. The predicted octanol–water partition coefficient (Wildman–Crippen LogP) is 3.71. The van der Waals surface area contributed by atoms with Crippen LogP contribution in [0.5, 0.6) is 0 Å². The lowest BCUT2D eigenvalue weighted by Gasteiger charge is -2.41. The molecule has 1 aliphatic carbocycles. The normalized spacial score (nSPS) is 32.5. The molecule has 142 valence electrons. The monoisotopic (exact) mass is 424 g/mol. The lowest BCUT2D eigenvalue weighted by atomic mass is 9.78. The minimum Gasteiger partial charge on any atom is -0.393 e. The molecule has 4 rings (SSSR count). The van der Waals surface area contributed by atoms with Crippen molar-refractivity contribution < 1.29 is 14.3 Å². The molecule has 0 radical (unpaired) electrons. The number of aliphatic hydroxyl groups is 1. The summed E-state index contributed by atoms with van der Waals surface area (Å²) >= 11 is 3.37. The Hall–Kier alpha value is -1.14. The SMILES string of the molecule is O=C1N(C2CCC(O)CC2)CC[C@]12CCCN(c1cccc(F)c1Br)C2. The van der Waals surface area contributed by atoms with E-state index in [0.717, 1.165) is 63.7 Å². The number of nitrogens with zero attached hydrogens (tertiary/aromatic N) is 2. The van der Waals surface area contributed by atoms with Crippen LogP contribution in [0.1, 0.15) is 44.9 Å². The van der Waals surface area contributed by atoms with Gasteiger partial charge in [-0.2, -0.15) is 0 Å². The van der Waals surface area contributed by atoms with Gasteiger partial charge in [0.15, 0.2) is 0 Å². The maximum Gasteiger partial charge on any atom is 0.230 e. The molecular weight excluding hydrogens is 399 g/mol. The Balaban J connectivity index is 1.52. The fourth-order valence-electron chi connectivity index (χ4n) is 5.02. The maximum atomic E-state index is 13.9. The zero-order valence-electron chi connectivity index (χ0n) is 15.0. The summed E-state index contributed by atoms with van der Waals surface area (Å²) in [4.78, 5) is 17.6. The summed E-state index contributed by atoms with van der Waals surface area (Å²) < 4.78 is 14.4. The van der Waals surface area contributed by atoms with Crippen LogP contribution in [-0.2, 0) is 4.79 Å². The maximum absolute atomic E-state index is 13.9. The van der Waals surface area contributed by atoms with E-state index in [-0.39, 0.29) is 29.3 Å². The Kier molecular flexibility index (Phi) is 4.99. The summed E-state index contributed by atoms with van der Waals surface area (Å²) in [5.41, 5.74) is 0.510. The van der Waals surface area contributed by atoms with Crippen molar-refractivity contribution in [1.82, 2.24) is 4.90 Å². The van der Waals surface area contributed by atoms with Crippen molar-refractivity contribution in [2.45, 2.75) is 57.1 Å². The molecule has 0 bridgehead atoms. The molecule has 4 nitrogen and oxygen atoms in total. The largest absolute Gasteiger partial charge is 0.393 e. The molecule has 2 saturated heterocycles. The van der Waals surface area contributed by atoms with Crippen LogP contribution in [0.4, 0.5) is 10.1 Å². The number of anilines is 1.